The van der Waals surface area contributed by atoms with Crippen LogP contribution in [-0.4, -0.2) is 10.7 Å². The molecule has 0 unspecified atom stereocenters. The maximum absolute atomic E-state index is 4.41. The third-order valence-corrected chi connectivity index (χ3v) is 2.80. The summed E-state index contributed by atoms with van der Waals surface area (Å²) in [6, 6.07) is 8.30. The lowest BCUT2D eigenvalue weighted by molar-refractivity contribution is 0.761. The quantitative estimate of drug-likeness (QED) is 0.598. The molecule has 3 rings (SSSR count). The van der Waals surface area contributed by atoms with Crippen molar-refractivity contribution >= 4 is 23.9 Å². The van der Waals surface area contributed by atoms with E-state index in [1.54, 1.807) is 0 Å². The molecule has 0 aromatic heterocycles. The number of amidine groups is 1. The smallest absolute Gasteiger partial charge is 0.152 e. The number of hydrogen-bond donors (Lipinski definition) is 0. The van der Waals surface area contributed by atoms with E-state index in [1.807, 2.05) is 34.8 Å². The summed E-state index contributed by atoms with van der Waals surface area (Å²) in [7, 11) is 0. The summed E-state index contributed by atoms with van der Waals surface area (Å²) in [5.41, 5.74) is 2.44. The Labute approximate surface area is 86.8 Å². The van der Waals surface area contributed by atoms with Crippen molar-refractivity contribution in [3.63, 3.8) is 0 Å². The SMILES string of the molecule is C1=CN2C=Cc3ccccc3C2=NS1. The molecule has 0 fully saturated rings. The second-order valence-electron chi connectivity index (χ2n) is 3.12. The number of fused-ring (bicyclic) bond motifs is 3. The average molecular weight is 200 g/mol. The maximum atomic E-state index is 4.41. The zero-order valence-corrected chi connectivity index (χ0v) is 8.24. The first-order valence-corrected chi connectivity index (χ1v) is 5.25. The van der Waals surface area contributed by atoms with E-state index in [-0.39, 0.29) is 0 Å². The van der Waals surface area contributed by atoms with Gasteiger partial charge in [-0.15, -0.1) is 0 Å². The normalized spacial score (nSPS) is 17.4. The molecule has 1 aromatic carbocycles. The molecule has 0 saturated heterocycles. The van der Waals surface area contributed by atoms with Crippen molar-refractivity contribution < 1.29 is 0 Å². The summed E-state index contributed by atoms with van der Waals surface area (Å²) >= 11 is 1.48. The lowest BCUT2D eigenvalue weighted by atomic mass is 10.0. The molecule has 0 radical (unpaired) electrons. The highest BCUT2D eigenvalue weighted by Crippen LogP contribution is 2.25. The van der Waals surface area contributed by atoms with Gasteiger partial charge in [-0.25, -0.2) is 0 Å². The van der Waals surface area contributed by atoms with Crippen molar-refractivity contribution in [3.05, 3.63) is 53.2 Å². The Hall–Kier alpha value is -1.48. The van der Waals surface area contributed by atoms with Crippen LogP contribution in [0.4, 0.5) is 0 Å². The Morgan fingerprint density at radius 2 is 2.07 bits per heavy atom. The number of hydrogen-bond acceptors (Lipinski definition) is 3. The van der Waals surface area contributed by atoms with Crippen LogP contribution < -0.4 is 0 Å². The van der Waals surface area contributed by atoms with Gasteiger partial charge in [0.15, 0.2) is 5.84 Å². The maximum Gasteiger partial charge on any atom is 0.152 e. The zero-order valence-electron chi connectivity index (χ0n) is 7.42. The zero-order chi connectivity index (χ0) is 9.38. The number of nitrogens with zero attached hydrogens (tertiary/aromatic N) is 2. The van der Waals surface area contributed by atoms with Crippen molar-refractivity contribution in [2.45, 2.75) is 0 Å². The number of rotatable bonds is 0. The first-order valence-electron chi connectivity index (χ1n) is 4.41. The van der Waals surface area contributed by atoms with E-state index in [2.05, 4.69) is 22.6 Å². The highest BCUT2D eigenvalue weighted by atomic mass is 32.2. The fraction of sp³-hybridized carbons (Fsp3) is 0. The summed E-state index contributed by atoms with van der Waals surface area (Å²) in [5, 5.41) is 1.97. The Morgan fingerprint density at radius 3 is 3.07 bits per heavy atom. The standard InChI is InChI=1S/C11H8N2S/c1-2-4-10-9(3-1)5-6-13-7-8-14-12-11(10)13/h1-8H. The van der Waals surface area contributed by atoms with Crippen molar-refractivity contribution in [1.29, 1.82) is 0 Å². The molecule has 0 amide bonds. The van der Waals surface area contributed by atoms with E-state index in [0.717, 1.165) is 5.84 Å². The van der Waals surface area contributed by atoms with Crippen LogP contribution in [0.25, 0.3) is 6.08 Å². The Balaban J connectivity index is 2.20. The predicted molar refractivity (Wildman–Crippen MR) is 60.6 cm³/mol. The van der Waals surface area contributed by atoms with Gasteiger partial charge in [-0.05, 0) is 11.6 Å². The van der Waals surface area contributed by atoms with E-state index in [0.29, 0.717) is 0 Å². The third-order valence-electron chi connectivity index (χ3n) is 2.28. The van der Waals surface area contributed by atoms with Gasteiger partial charge in [0.25, 0.3) is 0 Å². The summed E-state index contributed by atoms with van der Waals surface area (Å²) in [5.74, 6) is 1.02. The minimum Gasteiger partial charge on any atom is -0.307 e. The molecule has 0 bridgehead atoms. The highest BCUT2D eigenvalue weighted by Gasteiger charge is 2.17. The van der Waals surface area contributed by atoms with Gasteiger partial charge in [-0.2, -0.15) is 4.40 Å². The van der Waals surface area contributed by atoms with Gasteiger partial charge in [0.1, 0.15) is 0 Å². The fourth-order valence-corrected chi connectivity index (χ4v) is 2.14. The monoisotopic (exact) mass is 200 g/mol. The van der Waals surface area contributed by atoms with E-state index in [1.165, 1.54) is 23.1 Å². The molecule has 14 heavy (non-hydrogen) atoms. The predicted octanol–water partition coefficient (Wildman–Crippen LogP) is 2.85. The molecule has 2 aliphatic heterocycles. The summed E-state index contributed by atoms with van der Waals surface area (Å²) in [6.45, 7) is 0. The largest absolute Gasteiger partial charge is 0.307 e. The Kier molecular flexibility index (Phi) is 1.70. The second kappa shape index (κ2) is 3.03. The summed E-state index contributed by atoms with van der Waals surface area (Å²) in [6.07, 6.45) is 6.17. The number of benzene rings is 1. The molecule has 0 atom stereocenters. The van der Waals surface area contributed by atoms with Crippen LogP contribution in [0.3, 0.4) is 0 Å². The first-order chi connectivity index (χ1) is 6.95. The van der Waals surface area contributed by atoms with Crippen LogP contribution >= 0.6 is 11.9 Å². The van der Waals surface area contributed by atoms with Crippen LogP contribution in [0.5, 0.6) is 0 Å². The molecule has 68 valence electrons. The molecule has 3 heteroatoms. The lowest BCUT2D eigenvalue weighted by Crippen LogP contribution is -2.25. The van der Waals surface area contributed by atoms with Gasteiger partial charge in [0.2, 0.25) is 0 Å². The van der Waals surface area contributed by atoms with E-state index in [4.69, 9.17) is 0 Å². The minimum absolute atomic E-state index is 1.02. The lowest BCUT2D eigenvalue weighted by Gasteiger charge is -2.25. The van der Waals surface area contributed by atoms with Crippen molar-refractivity contribution in [3.8, 4) is 0 Å². The van der Waals surface area contributed by atoms with Gasteiger partial charge in [-0.1, -0.05) is 24.3 Å². The molecule has 0 spiro atoms. The van der Waals surface area contributed by atoms with E-state index in [9.17, 15) is 0 Å². The molecule has 2 heterocycles. The van der Waals surface area contributed by atoms with Crippen molar-refractivity contribution in [2.24, 2.45) is 4.40 Å². The van der Waals surface area contributed by atoms with Crippen LogP contribution in [0.2, 0.25) is 0 Å². The molecule has 0 aliphatic carbocycles. The van der Waals surface area contributed by atoms with E-state index < -0.39 is 0 Å². The highest BCUT2D eigenvalue weighted by molar-refractivity contribution is 8.01. The van der Waals surface area contributed by atoms with E-state index >= 15 is 0 Å². The Bertz CT molecular complexity index is 460. The third kappa shape index (κ3) is 1.09. The van der Waals surface area contributed by atoms with Gasteiger partial charge in [-0.3, -0.25) is 0 Å². The first kappa shape index (κ1) is 7.88. The van der Waals surface area contributed by atoms with Gasteiger partial charge >= 0.3 is 0 Å². The van der Waals surface area contributed by atoms with Crippen LogP contribution in [0.15, 0.2) is 46.5 Å². The molecule has 0 N–H and O–H groups in total. The van der Waals surface area contributed by atoms with Crippen LogP contribution in [0.1, 0.15) is 11.1 Å². The van der Waals surface area contributed by atoms with Crippen molar-refractivity contribution in [1.82, 2.24) is 4.90 Å². The van der Waals surface area contributed by atoms with Gasteiger partial charge in [0, 0.05) is 35.3 Å². The Morgan fingerprint density at radius 1 is 1.14 bits per heavy atom. The van der Waals surface area contributed by atoms with Gasteiger partial charge < -0.3 is 4.90 Å². The average Bonchev–Trinajstić information content (AvgIpc) is 2.29. The molecule has 2 nitrogen and oxygen atoms in total. The van der Waals surface area contributed by atoms with Crippen LogP contribution in [0, 0.1) is 0 Å². The molecular formula is C11H8N2S. The fourth-order valence-electron chi connectivity index (χ4n) is 1.61. The van der Waals surface area contributed by atoms with Crippen molar-refractivity contribution in [2.75, 3.05) is 0 Å². The summed E-state index contributed by atoms with van der Waals surface area (Å²) < 4.78 is 4.41. The second-order valence-corrected chi connectivity index (χ2v) is 3.78. The topological polar surface area (TPSA) is 15.6 Å². The molecular weight excluding hydrogens is 192 g/mol. The molecule has 1 aromatic rings. The van der Waals surface area contributed by atoms with Gasteiger partial charge in [0.05, 0.1) is 0 Å². The minimum atomic E-state index is 1.02. The summed E-state index contributed by atoms with van der Waals surface area (Å²) in [4.78, 5) is 2.04. The molecule has 2 aliphatic rings. The molecule has 0 saturated carbocycles. The van der Waals surface area contributed by atoms with Crippen LogP contribution in [-0.2, 0) is 0 Å².